The third-order valence-corrected chi connectivity index (χ3v) is 3.45. The van der Waals surface area contributed by atoms with Crippen molar-refractivity contribution in [2.75, 3.05) is 37.7 Å². The minimum atomic E-state index is -0.212. The summed E-state index contributed by atoms with van der Waals surface area (Å²) in [4.78, 5) is 25.5. The van der Waals surface area contributed by atoms with E-state index in [1.807, 2.05) is 0 Å². The number of fused-ring (bicyclic) bond motifs is 1. The number of nitrogens with zero attached hydrogens (tertiary/aromatic N) is 4. The zero-order valence-electron chi connectivity index (χ0n) is 11.9. The molecule has 8 heteroatoms. The molecular weight excluding hydrogens is 272 g/mol. The predicted molar refractivity (Wildman–Crippen MR) is 79.9 cm³/mol. The first-order valence-corrected chi connectivity index (χ1v) is 6.87. The quantitative estimate of drug-likeness (QED) is 0.747. The van der Waals surface area contributed by atoms with Crippen LogP contribution in [0.3, 0.4) is 0 Å². The number of ether oxygens (including phenoxy) is 1. The lowest BCUT2D eigenvalue weighted by molar-refractivity contribution is 0.334. The van der Waals surface area contributed by atoms with Crippen molar-refractivity contribution in [2.24, 2.45) is 7.05 Å². The molecule has 2 N–H and O–H groups in total. The van der Waals surface area contributed by atoms with Crippen LogP contribution < -0.4 is 20.6 Å². The normalized spacial score (nSPS) is 15.4. The molecule has 21 heavy (non-hydrogen) atoms. The van der Waals surface area contributed by atoms with E-state index in [9.17, 15) is 4.79 Å². The van der Waals surface area contributed by atoms with Gasteiger partial charge in [0.2, 0.25) is 0 Å². The molecule has 1 aliphatic rings. The fourth-order valence-electron chi connectivity index (χ4n) is 2.36. The summed E-state index contributed by atoms with van der Waals surface area (Å²) in [7, 11) is 1.67. The Hall–Kier alpha value is -2.35. The van der Waals surface area contributed by atoms with Gasteiger partial charge in [0.15, 0.2) is 11.5 Å². The van der Waals surface area contributed by atoms with Crippen molar-refractivity contribution in [3.05, 3.63) is 23.1 Å². The lowest BCUT2D eigenvalue weighted by atomic mass is 10.3. The highest BCUT2D eigenvalue weighted by Gasteiger charge is 2.20. The molecule has 1 saturated heterocycles. The molecule has 2 aromatic rings. The van der Waals surface area contributed by atoms with Crippen LogP contribution >= 0.6 is 0 Å². The smallest absolute Gasteiger partial charge is 0.327 e. The van der Waals surface area contributed by atoms with Crippen molar-refractivity contribution in [3.8, 4) is 6.01 Å². The molecule has 0 aliphatic carbocycles. The Labute approximate surface area is 121 Å². The molecular formula is C13H18N6O2. The summed E-state index contributed by atoms with van der Waals surface area (Å²) in [6, 6.07) is 0.255. The van der Waals surface area contributed by atoms with Crippen LogP contribution in [0, 0.1) is 0 Å². The largest absolute Gasteiger partial charge is 0.459 e. The van der Waals surface area contributed by atoms with Crippen LogP contribution in [0.2, 0.25) is 0 Å². The van der Waals surface area contributed by atoms with E-state index in [0.29, 0.717) is 23.6 Å². The third-order valence-electron chi connectivity index (χ3n) is 3.45. The highest BCUT2D eigenvalue weighted by molar-refractivity contribution is 5.84. The molecule has 0 bridgehead atoms. The fraction of sp³-hybridized carbons (Fsp3) is 0.462. The maximum absolute atomic E-state index is 11.9. The van der Waals surface area contributed by atoms with Gasteiger partial charge in [-0.3, -0.25) is 4.57 Å². The maximum Gasteiger partial charge on any atom is 0.327 e. The van der Waals surface area contributed by atoms with Gasteiger partial charge >= 0.3 is 11.7 Å². The van der Waals surface area contributed by atoms with E-state index in [0.717, 1.165) is 26.2 Å². The fourth-order valence-corrected chi connectivity index (χ4v) is 2.36. The van der Waals surface area contributed by atoms with Crippen LogP contribution in [0.4, 0.5) is 5.82 Å². The number of aromatic amines is 1. The number of hydrogen-bond acceptors (Lipinski definition) is 6. The molecule has 3 rings (SSSR count). The molecule has 2 aromatic heterocycles. The molecule has 0 atom stereocenters. The molecule has 0 amide bonds. The molecule has 1 fully saturated rings. The molecule has 1 aliphatic heterocycles. The first kappa shape index (κ1) is 13.6. The first-order chi connectivity index (χ1) is 10.2. The van der Waals surface area contributed by atoms with Gasteiger partial charge in [0.05, 0.1) is 0 Å². The number of aryl methyl sites for hydroxylation is 1. The van der Waals surface area contributed by atoms with Crippen LogP contribution in [0.1, 0.15) is 0 Å². The zero-order valence-corrected chi connectivity index (χ0v) is 11.9. The van der Waals surface area contributed by atoms with Gasteiger partial charge in [0, 0.05) is 33.2 Å². The van der Waals surface area contributed by atoms with Crippen molar-refractivity contribution in [1.29, 1.82) is 0 Å². The topological polar surface area (TPSA) is 88.1 Å². The van der Waals surface area contributed by atoms with Crippen molar-refractivity contribution in [2.45, 2.75) is 0 Å². The summed E-state index contributed by atoms with van der Waals surface area (Å²) in [5, 5.41) is 3.29. The van der Waals surface area contributed by atoms with Crippen molar-refractivity contribution in [1.82, 2.24) is 24.8 Å². The van der Waals surface area contributed by atoms with Gasteiger partial charge in [0.1, 0.15) is 12.1 Å². The highest BCUT2D eigenvalue weighted by Crippen LogP contribution is 2.23. The van der Waals surface area contributed by atoms with Crippen LogP contribution in [0.5, 0.6) is 6.01 Å². The first-order valence-electron chi connectivity index (χ1n) is 6.87. The standard InChI is InChI=1S/C13H18N6O2/c1-3-8-21-12-16-10-9(15-13(20)18(10)2)11(17-12)19-6-4-14-5-7-19/h3,14H,1,4-8H2,2H3,(H,15,20). The van der Waals surface area contributed by atoms with Gasteiger partial charge in [-0.15, -0.1) is 0 Å². The highest BCUT2D eigenvalue weighted by atomic mass is 16.5. The number of nitrogens with one attached hydrogen (secondary N) is 2. The number of hydrogen-bond donors (Lipinski definition) is 2. The van der Waals surface area contributed by atoms with Gasteiger partial charge in [-0.1, -0.05) is 12.7 Å². The van der Waals surface area contributed by atoms with Gasteiger partial charge in [-0.05, 0) is 0 Å². The number of imidazole rings is 1. The second-order valence-electron chi connectivity index (χ2n) is 4.85. The van der Waals surface area contributed by atoms with Gasteiger partial charge in [-0.25, -0.2) is 4.79 Å². The van der Waals surface area contributed by atoms with Crippen LogP contribution in [0.25, 0.3) is 11.2 Å². The molecule has 0 radical (unpaired) electrons. The number of aromatic nitrogens is 4. The average molecular weight is 290 g/mol. The summed E-state index contributed by atoms with van der Waals surface area (Å²) >= 11 is 0. The Morgan fingerprint density at radius 1 is 1.38 bits per heavy atom. The number of rotatable bonds is 4. The average Bonchev–Trinajstić information content (AvgIpc) is 2.81. The number of piperazine rings is 1. The Kier molecular flexibility index (Phi) is 3.61. The lowest BCUT2D eigenvalue weighted by Gasteiger charge is -2.28. The molecule has 0 aromatic carbocycles. The Morgan fingerprint density at radius 2 is 2.14 bits per heavy atom. The maximum atomic E-state index is 11.9. The molecule has 3 heterocycles. The second kappa shape index (κ2) is 5.57. The molecule has 112 valence electrons. The van der Waals surface area contributed by atoms with Crippen molar-refractivity contribution >= 4 is 17.0 Å². The van der Waals surface area contributed by atoms with Gasteiger partial charge in [0.25, 0.3) is 0 Å². The van der Waals surface area contributed by atoms with E-state index < -0.39 is 0 Å². The summed E-state index contributed by atoms with van der Waals surface area (Å²) in [6.07, 6.45) is 1.63. The Morgan fingerprint density at radius 3 is 2.86 bits per heavy atom. The SMILES string of the molecule is C=CCOc1nc(N2CCNCC2)c2[nH]c(=O)n(C)c2n1. The third kappa shape index (κ3) is 2.49. The molecule has 0 spiro atoms. The van der Waals surface area contributed by atoms with E-state index in [2.05, 4.69) is 31.7 Å². The molecule has 8 nitrogen and oxygen atoms in total. The molecule has 0 unspecified atom stereocenters. The monoisotopic (exact) mass is 290 g/mol. The van der Waals surface area contributed by atoms with Crippen LogP contribution in [0.15, 0.2) is 17.4 Å². The van der Waals surface area contributed by atoms with Crippen LogP contribution in [-0.4, -0.2) is 52.3 Å². The van der Waals surface area contributed by atoms with Crippen molar-refractivity contribution in [3.63, 3.8) is 0 Å². The van der Waals surface area contributed by atoms with E-state index in [4.69, 9.17) is 4.74 Å². The van der Waals surface area contributed by atoms with Crippen LogP contribution in [-0.2, 0) is 7.05 Å². The van der Waals surface area contributed by atoms with Crippen molar-refractivity contribution < 1.29 is 4.74 Å². The summed E-state index contributed by atoms with van der Waals surface area (Å²) in [6.45, 7) is 7.34. The number of H-pyrrole nitrogens is 1. The second-order valence-corrected chi connectivity index (χ2v) is 4.85. The van der Waals surface area contributed by atoms with E-state index in [1.165, 1.54) is 4.57 Å². The Balaban J connectivity index is 2.12. The predicted octanol–water partition coefficient (Wildman–Crippen LogP) is -0.369. The summed E-state index contributed by atoms with van der Waals surface area (Å²) in [5.41, 5.74) is 0.981. The number of anilines is 1. The van der Waals surface area contributed by atoms with Gasteiger partial charge < -0.3 is 19.9 Å². The van der Waals surface area contributed by atoms with E-state index >= 15 is 0 Å². The minimum Gasteiger partial charge on any atom is -0.459 e. The van der Waals surface area contributed by atoms with E-state index in [-0.39, 0.29) is 11.7 Å². The minimum absolute atomic E-state index is 0.212. The zero-order chi connectivity index (χ0) is 14.8. The Bertz CT molecular complexity index is 713. The summed E-state index contributed by atoms with van der Waals surface area (Å²) in [5.74, 6) is 0.707. The van der Waals surface area contributed by atoms with Gasteiger partial charge in [-0.2, -0.15) is 9.97 Å². The van der Waals surface area contributed by atoms with E-state index in [1.54, 1.807) is 13.1 Å². The summed E-state index contributed by atoms with van der Waals surface area (Å²) < 4.78 is 6.91. The lowest BCUT2D eigenvalue weighted by Crippen LogP contribution is -2.44. The molecule has 0 saturated carbocycles.